The van der Waals surface area contributed by atoms with Crippen LogP contribution in [0.4, 0.5) is 17.5 Å². The van der Waals surface area contributed by atoms with E-state index in [0.29, 0.717) is 29.8 Å². The van der Waals surface area contributed by atoms with E-state index in [-0.39, 0.29) is 29.5 Å². The Labute approximate surface area is 201 Å². The highest BCUT2D eigenvalue weighted by atomic mass is 16.2. The number of rotatable bonds is 7. The van der Waals surface area contributed by atoms with Gasteiger partial charge in [0.2, 0.25) is 5.95 Å². The minimum Gasteiger partial charge on any atom is -0.364 e. The molecule has 3 aromatic rings. The fraction of sp³-hybridized carbons (Fsp3) is 0.455. The van der Waals surface area contributed by atoms with Crippen molar-refractivity contribution in [3.63, 3.8) is 0 Å². The summed E-state index contributed by atoms with van der Waals surface area (Å²) in [6, 6.07) is -0.283. The number of carbonyl (C=O) groups is 2. The lowest BCUT2D eigenvalue weighted by Gasteiger charge is -2.39. The Hall–Kier alpha value is -4.16. The molecule has 182 valence electrons. The van der Waals surface area contributed by atoms with Gasteiger partial charge in [-0.15, -0.1) is 10.2 Å². The third-order valence-electron chi connectivity index (χ3n) is 6.34. The van der Waals surface area contributed by atoms with Gasteiger partial charge in [0.15, 0.2) is 11.5 Å². The molecule has 1 aliphatic heterocycles. The third-order valence-corrected chi connectivity index (χ3v) is 6.34. The van der Waals surface area contributed by atoms with Crippen LogP contribution in [0.5, 0.6) is 0 Å². The van der Waals surface area contributed by atoms with Gasteiger partial charge in [-0.05, 0) is 32.6 Å². The van der Waals surface area contributed by atoms with Gasteiger partial charge in [-0.25, -0.2) is 4.98 Å². The molecule has 1 aliphatic carbocycles. The number of amides is 2. The lowest BCUT2D eigenvalue weighted by atomic mass is 9.97. The van der Waals surface area contributed by atoms with Crippen molar-refractivity contribution in [3.05, 3.63) is 41.9 Å². The van der Waals surface area contributed by atoms with Crippen molar-refractivity contribution in [1.82, 2.24) is 40.2 Å². The zero-order chi connectivity index (χ0) is 24.5. The summed E-state index contributed by atoms with van der Waals surface area (Å²) in [5.74, 6) is 0.00845. The molecule has 1 saturated carbocycles. The van der Waals surface area contributed by atoms with Crippen molar-refractivity contribution in [3.8, 4) is 0 Å². The molecule has 0 spiro atoms. The molecule has 0 bridgehead atoms. The number of carbonyl (C=O) groups excluding carboxylic acids is 2. The Bertz CT molecular complexity index is 1240. The van der Waals surface area contributed by atoms with Gasteiger partial charge in [0.1, 0.15) is 5.69 Å². The van der Waals surface area contributed by atoms with E-state index in [0.717, 1.165) is 31.4 Å². The lowest BCUT2D eigenvalue weighted by Crippen LogP contribution is -2.54. The standard InChI is InChI=1S/C22H27N11O2/c1-12-15(28-21(35)17-10-24-16(9-25-17)13-5-6-13)4-3-7-33(12)22-29-20(18(19(23)34)30-31-22)27-14-8-26-32(2)11-14/h8-13,15H,3-7H2,1-2H3,(H2,23,34)(H,28,35)(H,27,29,31)/t12-,15-/m1/s1. The lowest BCUT2D eigenvalue weighted by molar-refractivity contribution is 0.0917. The van der Waals surface area contributed by atoms with Crippen LogP contribution in [0.2, 0.25) is 0 Å². The molecule has 5 rings (SSSR count). The van der Waals surface area contributed by atoms with E-state index in [2.05, 4.69) is 40.9 Å². The normalized spacial score (nSPS) is 19.9. The highest BCUT2D eigenvalue weighted by Gasteiger charge is 2.32. The molecule has 2 fully saturated rings. The van der Waals surface area contributed by atoms with Crippen molar-refractivity contribution >= 4 is 29.3 Å². The van der Waals surface area contributed by atoms with Crippen LogP contribution in [0.3, 0.4) is 0 Å². The first-order chi connectivity index (χ1) is 16.9. The zero-order valence-electron chi connectivity index (χ0n) is 19.5. The van der Waals surface area contributed by atoms with Crippen molar-refractivity contribution < 1.29 is 9.59 Å². The maximum absolute atomic E-state index is 12.8. The summed E-state index contributed by atoms with van der Waals surface area (Å²) in [6.07, 6.45) is 10.4. The van der Waals surface area contributed by atoms with Gasteiger partial charge in [0, 0.05) is 44.0 Å². The van der Waals surface area contributed by atoms with E-state index in [1.54, 1.807) is 36.5 Å². The second-order valence-corrected chi connectivity index (χ2v) is 8.96. The van der Waals surface area contributed by atoms with E-state index in [1.165, 1.54) is 0 Å². The van der Waals surface area contributed by atoms with Crippen molar-refractivity contribution in [2.45, 2.75) is 50.6 Å². The number of nitrogens with one attached hydrogen (secondary N) is 2. The Morgan fingerprint density at radius 1 is 1.11 bits per heavy atom. The Kier molecular flexibility index (Phi) is 5.97. The summed E-state index contributed by atoms with van der Waals surface area (Å²) in [4.78, 5) is 39.9. The average molecular weight is 478 g/mol. The van der Waals surface area contributed by atoms with Crippen LogP contribution in [0.1, 0.15) is 65.2 Å². The molecule has 0 unspecified atom stereocenters. The number of aryl methyl sites for hydroxylation is 1. The van der Waals surface area contributed by atoms with Crippen molar-refractivity contribution in [2.24, 2.45) is 12.8 Å². The van der Waals surface area contributed by atoms with E-state index in [1.807, 2.05) is 11.8 Å². The number of nitrogens with zero attached hydrogens (tertiary/aromatic N) is 8. The zero-order valence-corrected chi connectivity index (χ0v) is 19.5. The molecule has 2 amide bonds. The molecule has 4 N–H and O–H groups in total. The Morgan fingerprint density at radius 2 is 1.94 bits per heavy atom. The van der Waals surface area contributed by atoms with Gasteiger partial charge in [0.25, 0.3) is 11.8 Å². The van der Waals surface area contributed by atoms with Gasteiger partial charge in [0.05, 0.1) is 23.8 Å². The summed E-state index contributed by atoms with van der Waals surface area (Å²) in [6.45, 7) is 2.67. The van der Waals surface area contributed by atoms with Gasteiger partial charge in [-0.1, -0.05) is 0 Å². The minimum absolute atomic E-state index is 0.0691. The van der Waals surface area contributed by atoms with Crippen LogP contribution in [-0.4, -0.2) is 65.4 Å². The van der Waals surface area contributed by atoms with Gasteiger partial charge >= 0.3 is 0 Å². The van der Waals surface area contributed by atoms with E-state index < -0.39 is 5.91 Å². The second-order valence-electron chi connectivity index (χ2n) is 8.96. The number of piperidine rings is 1. The molecule has 3 aromatic heterocycles. The van der Waals surface area contributed by atoms with Crippen LogP contribution in [0.25, 0.3) is 0 Å². The molecular weight excluding hydrogens is 450 g/mol. The minimum atomic E-state index is -0.742. The largest absolute Gasteiger partial charge is 0.364 e. The van der Waals surface area contributed by atoms with Crippen LogP contribution >= 0.6 is 0 Å². The van der Waals surface area contributed by atoms with Gasteiger partial charge < -0.3 is 21.3 Å². The number of hydrogen-bond donors (Lipinski definition) is 3. The maximum atomic E-state index is 12.8. The first kappa shape index (κ1) is 22.6. The van der Waals surface area contributed by atoms with Gasteiger partial charge in [-0.2, -0.15) is 10.1 Å². The van der Waals surface area contributed by atoms with E-state index >= 15 is 0 Å². The quantitative estimate of drug-likeness (QED) is 0.444. The third kappa shape index (κ3) is 4.88. The Balaban J connectivity index is 1.32. The molecule has 1 saturated heterocycles. The average Bonchev–Trinajstić information content (AvgIpc) is 3.62. The van der Waals surface area contributed by atoms with E-state index in [4.69, 9.17) is 5.73 Å². The summed E-state index contributed by atoms with van der Waals surface area (Å²) in [5.41, 5.74) is 7.28. The predicted octanol–water partition coefficient (Wildman–Crippen LogP) is 0.902. The number of hydrogen-bond acceptors (Lipinski definition) is 10. The van der Waals surface area contributed by atoms with Gasteiger partial charge in [-0.3, -0.25) is 19.3 Å². The predicted molar refractivity (Wildman–Crippen MR) is 126 cm³/mol. The molecule has 0 aromatic carbocycles. The molecule has 2 atom stereocenters. The summed E-state index contributed by atoms with van der Waals surface area (Å²) in [7, 11) is 1.78. The molecule has 0 radical (unpaired) electrons. The first-order valence-corrected chi connectivity index (χ1v) is 11.6. The first-order valence-electron chi connectivity index (χ1n) is 11.6. The van der Waals surface area contributed by atoms with Crippen LogP contribution < -0.4 is 21.3 Å². The molecule has 13 heteroatoms. The smallest absolute Gasteiger partial charge is 0.273 e. The number of primary amides is 1. The van der Waals surface area contributed by atoms with Crippen LogP contribution in [0.15, 0.2) is 24.8 Å². The summed E-state index contributed by atoms with van der Waals surface area (Å²) in [5, 5.41) is 18.4. The second kappa shape index (κ2) is 9.24. The Morgan fingerprint density at radius 3 is 2.60 bits per heavy atom. The highest BCUT2D eigenvalue weighted by molar-refractivity contribution is 5.96. The molecule has 4 heterocycles. The molecule has 13 nitrogen and oxygen atoms in total. The van der Waals surface area contributed by atoms with Crippen molar-refractivity contribution in [1.29, 1.82) is 0 Å². The fourth-order valence-corrected chi connectivity index (χ4v) is 4.22. The SMILES string of the molecule is C[C@@H]1[C@H](NC(=O)c2cnc(C3CC3)cn2)CCCN1c1nnc(C(N)=O)c(Nc2cnn(C)c2)n1. The highest BCUT2D eigenvalue weighted by Crippen LogP contribution is 2.38. The monoisotopic (exact) mass is 477 g/mol. The number of nitrogens with two attached hydrogens (primary N) is 1. The van der Waals surface area contributed by atoms with Crippen LogP contribution in [0, 0.1) is 0 Å². The number of anilines is 3. The molecule has 35 heavy (non-hydrogen) atoms. The molecular formula is C22H27N11O2. The topological polar surface area (TPSA) is 170 Å². The number of aromatic nitrogens is 7. The summed E-state index contributed by atoms with van der Waals surface area (Å²) >= 11 is 0. The maximum Gasteiger partial charge on any atom is 0.273 e. The summed E-state index contributed by atoms with van der Waals surface area (Å²) < 4.78 is 1.62. The molecule has 2 aliphatic rings. The fourth-order valence-electron chi connectivity index (χ4n) is 4.22. The van der Waals surface area contributed by atoms with E-state index in [9.17, 15) is 9.59 Å². The van der Waals surface area contributed by atoms with Crippen molar-refractivity contribution in [2.75, 3.05) is 16.8 Å². The van der Waals surface area contributed by atoms with Crippen LogP contribution in [-0.2, 0) is 7.05 Å².